The highest BCUT2D eigenvalue weighted by molar-refractivity contribution is 5.72. The minimum Gasteiger partial charge on any atom is -0.466 e. The summed E-state index contributed by atoms with van der Waals surface area (Å²) in [4.78, 5) is 11.3. The van der Waals surface area contributed by atoms with Gasteiger partial charge in [0.05, 0.1) is 13.2 Å². The Kier molecular flexibility index (Phi) is 4.04. The first-order valence-electron chi connectivity index (χ1n) is 6.55. The third-order valence-electron chi connectivity index (χ3n) is 3.24. The number of aromatic nitrogens is 2. The summed E-state index contributed by atoms with van der Waals surface area (Å²) < 4.78 is 8.74. The van der Waals surface area contributed by atoms with Gasteiger partial charge in [-0.25, -0.2) is 4.57 Å². The van der Waals surface area contributed by atoms with E-state index in [1.807, 2.05) is 38.1 Å². The Hall–Kier alpha value is -2.04. The fourth-order valence-corrected chi connectivity index (χ4v) is 2.27. The lowest BCUT2D eigenvalue weighted by Crippen LogP contribution is -2.37. The minimum atomic E-state index is -0.141. The molecule has 5 nitrogen and oxygen atoms in total. The molecule has 1 aromatic carbocycles. The SMILES string of the molecule is CCOC(=O)CCC[n+]1c(C)n(N)c2ccccc21. The van der Waals surface area contributed by atoms with Gasteiger partial charge in [-0.1, -0.05) is 12.1 Å². The van der Waals surface area contributed by atoms with Crippen LogP contribution in [0, 0.1) is 6.92 Å². The Morgan fingerprint density at radius 2 is 2.16 bits per heavy atom. The van der Waals surface area contributed by atoms with Crippen LogP contribution in [0.4, 0.5) is 0 Å². The van der Waals surface area contributed by atoms with Gasteiger partial charge in [-0.05, 0) is 25.5 Å². The third kappa shape index (κ3) is 2.70. The quantitative estimate of drug-likeness (QED) is 0.502. The van der Waals surface area contributed by atoms with E-state index in [0.29, 0.717) is 13.0 Å². The first-order valence-corrected chi connectivity index (χ1v) is 6.55. The maximum Gasteiger partial charge on any atom is 0.305 e. The average molecular weight is 262 g/mol. The molecule has 0 bridgehead atoms. The van der Waals surface area contributed by atoms with Crippen molar-refractivity contribution < 1.29 is 14.1 Å². The molecule has 0 radical (unpaired) electrons. The number of nitrogens with two attached hydrogens (primary N) is 1. The molecule has 0 saturated carbocycles. The molecule has 1 heterocycles. The van der Waals surface area contributed by atoms with E-state index in [1.54, 1.807) is 4.68 Å². The van der Waals surface area contributed by atoms with Crippen molar-refractivity contribution in [2.75, 3.05) is 12.4 Å². The zero-order chi connectivity index (χ0) is 13.8. The van der Waals surface area contributed by atoms with Gasteiger partial charge in [-0.2, -0.15) is 0 Å². The van der Waals surface area contributed by atoms with E-state index in [9.17, 15) is 4.79 Å². The fraction of sp³-hybridized carbons (Fsp3) is 0.429. The predicted molar refractivity (Wildman–Crippen MR) is 72.9 cm³/mol. The molecule has 19 heavy (non-hydrogen) atoms. The van der Waals surface area contributed by atoms with Crippen molar-refractivity contribution in [3.05, 3.63) is 30.1 Å². The highest BCUT2D eigenvalue weighted by Gasteiger charge is 2.19. The van der Waals surface area contributed by atoms with Crippen LogP contribution in [0.1, 0.15) is 25.6 Å². The fourth-order valence-electron chi connectivity index (χ4n) is 2.27. The summed E-state index contributed by atoms with van der Waals surface area (Å²) in [6, 6.07) is 7.98. The number of nitrogens with zero attached hydrogens (tertiary/aromatic N) is 2. The second-order valence-corrected chi connectivity index (χ2v) is 4.47. The number of para-hydroxylation sites is 2. The highest BCUT2D eigenvalue weighted by atomic mass is 16.5. The Balaban J connectivity index is 2.12. The zero-order valence-corrected chi connectivity index (χ0v) is 11.4. The third-order valence-corrected chi connectivity index (χ3v) is 3.24. The van der Waals surface area contributed by atoms with E-state index >= 15 is 0 Å². The summed E-state index contributed by atoms with van der Waals surface area (Å²) in [5.74, 6) is 6.86. The van der Waals surface area contributed by atoms with Crippen molar-refractivity contribution in [3.8, 4) is 0 Å². The van der Waals surface area contributed by atoms with E-state index in [4.69, 9.17) is 10.6 Å². The monoisotopic (exact) mass is 262 g/mol. The first kappa shape index (κ1) is 13.4. The van der Waals surface area contributed by atoms with Crippen LogP contribution in [-0.4, -0.2) is 17.3 Å². The van der Waals surface area contributed by atoms with Crippen molar-refractivity contribution in [2.24, 2.45) is 0 Å². The van der Waals surface area contributed by atoms with Crippen LogP contribution in [-0.2, 0) is 16.1 Å². The van der Waals surface area contributed by atoms with Crippen LogP contribution in [0.25, 0.3) is 11.0 Å². The summed E-state index contributed by atoms with van der Waals surface area (Å²) >= 11 is 0. The minimum absolute atomic E-state index is 0.141. The van der Waals surface area contributed by atoms with E-state index in [0.717, 1.165) is 29.8 Å². The molecule has 0 aliphatic rings. The number of fused-ring (bicyclic) bond motifs is 1. The van der Waals surface area contributed by atoms with Crippen LogP contribution >= 0.6 is 0 Å². The summed E-state index contributed by atoms with van der Waals surface area (Å²) in [6.07, 6.45) is 1.18. The van der Waals surface area contributed by atoms with Gasteiger partial charge < -0.3 is 4.74 Å². The second-order valence-electron chi connectivity index (χ2n) is 4.47. The van der Waals surface area contributed by atoms with Crippen LogP contribution in [0.15, 0.2) is 24.3 Å². The molecule has 0 saturated heterocycles. The normalized spacial score (nSPS) is 10.8. The number of esters is 1. The van der Waals surface area contributed by atoms with Crippen molar-refractivity contribution in [3.63, 3.8) is 0 Å². The highest BCUT2D eigenvalue weighted by Crippen LogP contribution is 2.11. The van der Waals surface area contributed by atoms with Crippen molar-refractivity contribution >= 4 is 17.0 Å². The second kappa shape index (κ2) is 5.73. The topological polar surface area (TPSA) is 61.1 Å². The number of hydrogen-bond acceptors (Lipinski definition) is 3. The molecule has 102 valence electrons. The molecular weight excluding hydrogens is 242 g/mol. The zero-order valence-electron chi connectivity index (χ0n) is 11.4. The first-order chi connectivity index (χ1) is 9.15. The predicted octanol–water partition coefficient (Wildman–Crippen LogP) is 1.29. The lowest BCUT2D eigenvalue weighted by Gasteiger charge is -2.01. The van der Waals surface area contributed by atoms with Crippen LogP contribution in [0.3, 0.4) is 0 Å². The number of ether oxygens (including phenoxy) is 1. The molecule has 0 aliphatic carbocycles. The molecule has 2 N–H and O–H groups in total. The van der Waals surface area contributed by atoms with Crippen LogP contribution in [0.5, 0.6) is 0 Å². The largest absolute Gasteiger partial charge is 0.466 e. The van der Waals surface area contributed by atoms with Crippen LogP contribution in [0.2, 0.25) is 0 Å². The van der Waals surface area contributed by atoms with Crippen molar-refractivity contribution in [1.29, 1.82) is 0 Å². The van der Waals surface area contributed by atoms with Gasteiger partial charge in [0.2, 0.25) is 0 Å². The lowest BCUT2D eigenvalue weighted by molar-refractivity contribution is -0.678. The van der Waals surface area contributed by atoms with Gasteiger partial charge in [0.15, 0.2) is 11.0 Å². The molecule has 2 rings (SSSR count). The summed E-state index contributed by atoms with van der Waals surface area (Å²) in [5, 5.41) is 0. The van der Waals surface area contributed by atoms with Gasteiger partial charge in [0.1, 0.15) is 0 Å². The number of rotatable bonds is 5. The number of aryl methyl sites for hydroxylation is 1. The smallest absolute Gasteiger partial charge is 0.305 e. The summed E-state index contributed by atoms with van der Waals surface area (Å²) in [5.41, 5.74) is 2.09. The average Bonchev–Trinajstić information content (AvgIpc) is 2.65. The molecule has 0 aliphatic heterocycles. The molecule has 0 fully saturated rings. The number of carbonyl (C=O) groups is 1. The van der Waals surface area contributed by atoms with E-state index in [1.165, 1.54) is 0 Å². The molecule has 1 aromatic heterocycles. The lowest BCUT2D eigenvalue weighted by atomic mass is 10.3. The van der Waals surface area contributed by atoms with Gasteiger partial charge in [-0.3, -0.25) is 10.6 Å². The Labute approximate surface area is 112 Å². The Morgan fingerprint density at radius 1 is 1.42 bits per heavy atom. The molecular formula is C14H20N3O2+. The van der Waals surface area contributed by atoms with Gasteiger partial charge in [-0.15, -0.1) is 4.68 Å². The maximum absolute atomic E-state index is 11.3. The summed E-state index contributed by atoms with van der Waals surface area (Å²) in [6.45, 7) is 4.99. The maximum atomic E-state index is 11.3. The van der Waals surface area contributed by atoms with E-state index in [-0.39, 0.29) is 5.97 Å². The van der Waals surface area contributed by atoms with Gasteiger partial charge in [0.25, 0.3) is 5.82 Å². The van der Waals surface area contributed by atoms with Crippen molar-refractivity contribution in [2.45, 2.75) is 33.2 Å². The number of nitrogen functional groups attached to an aromatic ring is 1. The molecule has 0 unspecified atom stereocenters. The van der Waals surface area contributed by atoms with Crippen LogP contribution < -0.4 is 10.4 Å². The molecule has 5 heteroatoms. The number of benzene rings is 1. The molecule has 2 aromatic rings. The molecule has 0 atom stereocenters. The molecule has 0 spiro atoms. The number of carbonyl (C=O) groups excluding carboxylic acids is 1. The Bertz CT molecular complexity index is 590. The van der Waals surface area contributed by atoms with E-state index in [2.05, 4.69) is 4.57 Å². The molecule has 0 amide bonds. The number of hydrogen-bond donors (Lipinski definition) is 1. The number of imidazole rings is 1. The standard InChI is InChI=1S/C14H20N3O2/c1-3-19-14(18)9-6-10-16-11(2)17(15)13-8-5-4-7-12(13)16/h4-5,7-8H,3,6,9-10,15H2,1-2H3/q+1. The van der Waals surface area contributed by atoms with Crippen molar-refractivity contribution in [1.82, 2.24) is 4.68 Å². The van der Waals surface area contributed by atoms with Gasteiger partial charge >= 0.3 is 5.97 Å². The van der Waals surface area contributed by atoms with Gasteiger partial charge in [0, 0.05) is 13.3 Å². The Morgan fingerprint density at radius 3 is 2.89 bits per heavy atom. The van der Waals surface area contributed by atoms with E-state index < -0.39 is 0 Å². The summed E-state index contributed by atoms with van der Waals surface area (Å²) in [7, 11) is 0.